The van der Waals surface area contributed by atoms with Crippen molar-refractivity contribution >= 4 is 0 Å². The van der Waals surface area contributed by atoms with Gasteiger partial charge in [-0.1, -0.05) is 31.5 Å². The van der Waals surface area contributed by atoms with Gasteiger partial charge in [-0.15, -0.1) is 0 Å². The lowest BCUT2D eigenvalue weighted by atomic mass is 9.89. The van der Waals surface area contributed by atoms with Gasteiger partial charge in [-0.05, 0) is 31.2 Å². The van der Waals surface area contributed by atoms with Gasteiger partial charge in [0.15, 0.2) is 0 Å². The molecule has 3 heteroatoms. The number of rotatable bonds is 3. The second kappa shape index (κ2) is 6.02. The first-order chi connectivity index (χ1) is 9.01. The summed E-state index contributed by atoms with van der Waals surface area (Å²) in [7, 11) is 0. The van der Waals surface area contributed by atoms with Gasteiger partial charge in [0.25, 0.3) is 0 Å². The molecule has 0 aliphatic carbocycles. The first-order valence-corrected chi connectivity index (χ1v) is 7.21. The molecule has 0 spiro atoms. The molecular weight excluding hydrogens is 239 g/mol. The van der Waals surface area contributed by atoms with Crippen LogP contribution in [-0.2, 0) is 0 Å². The quantitative estimate of drug-likeness (QED) is 0.909. The Morgan fingerprint density at radius 3 is 2.53 bits per heavy atom. The van der Waals surface area contributed by atoms with Crippen LogP contribution in [0.2, 0.25) is 0 Å². The van der Waals surface area contributed by atoms with Crippen LogP contribution < -0.4 is 5.73 Å². The minimum atomic E-state index is -0.132. The highest BCUT2D eigenvalue weighted by Crippen LogP contribution is 2.30. The normalized spacial score (nSPS) is 26.4. The van der Waals surface area contributed by atoms with Gasteiger partial charge < -0.3 is 5.73 Å². The molecule has 1 aliphatic rings. The predicted molar refractivity (Wildman–Crippen MR) is 77.5 cm³/mol. The van der Waals surface area contributed by atoms with Crippen molar-refractivity contribution in [2.75, 3.05) is 19.6 Å². The van der Waals surface area contributed by atoms with Crippen molar-refractivity contribution in [2.45, 2.75) is 33.2 Å². The molecule has 1 aliphatic heterocycles. The summed E-state index contributed by atoms with van der Waals surface area (Å²) in [5, 5.41) is 0. The Hall–Kier alpha value is -0.930. The molecule has 1 aromatic rings. The molecule has 19 heavy (non-hydrogen) atoms. The number of likely N-dealkylation sites (tertiary alicyclic amines) is 1. The molecule has 2 nitrogen and oxygen atoms in total. The van der Waals surface area contributed by atoms with E-state index in [0.29, 0.717) is 18.4 Å². The third-order valence-corrected chi connectivity index (χ3v) is 4.07. The fourth-order valence-electron chi connectivity index (χ4n) is 3.36. The van der Waals surface area contributed by atoms with E-state index in [1.807, 2.05) is 19.1 Å². The Bertz CT molecular complexity index is 423. The molecule has 0 amide bonds. The van der Waals surface area contributed by atoms with Gasteiger partial charge in [-0.25, -0.2) is 4.39 Å². The number of nitrogens with two attached hydrogens (primary N) is 1. The van der Waals surface area contributed by atoms with E-state index in [1.165, 1.54) is 6.42 Å². The number of aryl methyl sites for hydroxylation is 1. The Morgan fingerprint density at radius 2 is 1.95 bits per heavy atom. The van der Waals surface area contributed by atoms with E-state index in [9.17, 15) is 4.39 Å². The van der Waals surface area contributed by atoms with Gasteiger partial charge in [0.2, 0.25) is 0 Å². The highest BCUT2D eigenvalue weighted by molar-refractivity contribution is 5.27. The molecule has 1 aromatic carbocycles. The number of hydrogen-bond acceptors (Lipinski definition) is 2. The monoisotopic (exact) mass is 264 g/mol. The Kier molecular flexibility index (Phi) is 4.58. The maximum Gasteiger partial charge on any atom is 0.128 e. The maximum absolute atomic E-state index is 14.1. The summed E-state index contributed by atoms with van der Waals surface area (Å²) < 4.78 is 14.1. The second-order valence-electron chi connectivity index (χ2n) is 6.18. The third-order valence-electron chi connectivity index (χ3n) is 4.07. The van der Waals surface area contributed by atoms with Crippen molar-refractivity contribution in [3.05, 3.63) is 35.1 Å². The second-order valence-corrected chi connectivity index (χ2v) is 6.18. The van der Waals surface area contributed by atoms with Crippen molar-refractivity contribution in [3.63, 3.8) is 0 Å². The van der Waals surface area contributed by atoms with Crippen molar-refractivity contribution in [1.29, 1.82) is 0 Å². The van der Waals surface area contributed by atoms with E-state index in [-0.39, 0.29) is 11.9 Å². The molecule has 0 aromatic heterocycles. The lowest BCUT2D eigenvalue weighted by Gasteiger charge is -2.40. The van der Waals surface area contributed by atoms with Crippen LogP contribution in [0.25, 0.3) is 0 Å². The molecule has 3 atom stereocenters. The lowest BCUT2D eigenvalue weighted by molar-refractivity contribution is 0.0967. The number of nitrogens with zero attached hydrogens (tertiary/aromatic N) is 1. The van der Waals surface area contributed by atoms with E-state index >= 15 is 0 Å². The smallest absolute Gasteiger partial charge is 0.128 e. The standard InChI is InChI=1S/C16H25FN2/c1-11-4-5-15(17)14(7-11)16(8-18)19-9-12(2)6-13(3)10-19/h4-5,7,12-13,16H,6,8-10,18H2,1-3H3. The van der Waals surface area contributed by atoms with Gasteiger partial charge in [0.05, 0.1) is 0 Å². The van der Waals surface area contributed by atoms with Crippen LogP contribution in [0.5, 0.6) is 0 Å². The number of hydrogen-bond donors (Lipinski definition) is 1. The summed E-state index contributed by atoms with van der Waals surface area (Å²) in [4.78, 5) is 2.36. The highest BCUT2D eigenvalue weighted by Gasteiger charge is 2.29. The average molecular weight is 264 g/mol. The SMILES string of the molecule is Cc1ccc(F)c(C(CN)N2CC(C)CC(C)C2)c1. The van der Waals surface area contributed by atoms with Crippen LogP contribution in [-0.4, -0.2) is 24.5 Å². The van der Waals surface area contributed by atoms with Gasteiger partial charge in [-0.3, -0.25) is 4.90 Å². The summed E-state index contributed by atoms with van der Waals surface area (Å²) in [6.45, 7) is 9.03. The Labute approximate surface area is 115 Å². The van der Waals surface area contributed by atoms with E-state index in [1.54, 1.807) is 6.07 Å². The van der Waals surface area contributed by atoms with Crippen LogP contribution in [0, 0.1) is 24.6 Å². The summed E-state index contributed by atoms with van der Waals surface area (Å²) in [6.07, 6.45) is 1.25. The van der Waals surface area contributed by atoms with Crippen molar-refractivity contribution < 1.29 is 4.39 Å². The first kappa shape index (κ1) is 14.5. The van der Waals surface area contributed by atoms with Gasteiger partial charge >= 0.3 is 0 Å². The number of piperidine rings is 1. The number of halogens is 1. The van der Waals surface area contributed by atoms with E-state index in [2.05, 4.69) is 18.7 Å². The fraction of sp³-hybridized carbons (Fsp3) is 0.625. The molecule has 0 bridgehead atoms. The Morgan fingerprint density at radius 1 is 1.32 bits per heavy atom. The van der Waals surface area contributed by atoms with E-state index < -0.39 is 0 Å². The van der Waals surface area contributed by atoms with Crippen LogP contribution in [0.15, 0.2) is 18.2 Å². The zero-order valence-corrected chi connectivity index (χ0v) is 12.2. The minimum Gasteiger partial charge on any atom is -0.329 e. The van der Waals surface area contributed by atoms with Gasteiger partial charge in [0.1, 0.15) is 5.82 Å². The molecular formula is C16H25FN2. The van der Waals surface area contributed by atoms with Gasteiger partial charge in [0, 0.05) is 31.2 Å². The fourth-order valence-corrected chi connectivity index (χ4v) is 3.36. The van der Waals surface area contributed by atoms with Crippen LogP contribution in [0.4, 0.5) is 4.39 Å². The average Bonchev–Trinajstić information content (AvgIpc) is 2.33. The summed E-state index contributed by atoms with van der Waals surface area (Å²) in [5.74, 6) is 1.18. The Balaban J connectivity index is 2.26. The number of benzene rings is 1. The molecule has 3 unspecified atom stereocenters. The molecule has 1 heterocycles. The molecule has 106 valence electrons. The first-order valence-electron chi connectivity index (χ1n) is 7.21. The maximum atomic E-state index is 14.1. The van der Waals surface area contributed by atoms with Crippen LogP contribution in [0.1, 0.15) is 37.4 Å². The zero-order chi connectivity index (χ0) is 14.0. The van der Waals surface area contributed by atoms with Crippen LogP contribution in [0.3, 0.4) is 0 Å². The highest BCUT2D eigenvalue weighted by atomic mass is 19.1. The molecule has 2 rings (SSSR count). The van der Waals surface area contributed by atoms with Crippen LogP contribution >= 0.6 is 0 Å². The van der Waals surface area contributed by atoms with Crippen molar-refractivity contribution in [1.82, 2.24) is 4.90 Å². The third kappa shape index (κ3) is 3.34. The largest absolute Gasteiger partial charge is 0.329 e. The van der Waals surface area contributed by atoms with Crippen molar-refractivity contribution in [3.8, 4) is 0 Å². The minimum absolute atomic E-state index is 0.00472. The van der Waals surface area contributed by atoms with Crippen molar-refractivity contribution in [2.24, 2.45) is 17.6 Å². The molecule has 1 fully saturated rings. The van der Waals surface area contributed by atoms with Gasteiger partial charge in [-0.2, -0.15) is 0 Å². The summed E-state index contributed by atoms with van der Waals surface area (Å²) in [5.41, 5.74) is 7.78. The van der Waals surface area contributed by atoms with E-state index in [0.717, 1.165) is 24.2 Å². The zero-order valence-electron chi connectivity index (χ0n) is 12.2. The molecule has 0 saturated carbocycles. The summed E-state index contributed by atoms with van der Waals surface area (Å²) >= 11 is 0. The predicted octanol–water partition coefficient (Wildman–Crippen LogP) is 3.11. The van der Waals surface area contributed by atoms with E-state index in [4.69, 9.17) is 5.73 Å². The molecule has 1 saturated heterocycles. The lowest BCUT2D eigenvalue weighted by Crippen LogP contribution is -2.43. The molecule has 0 radical (unpaired) electrons. The molecule has 2 N–H and O–H groups in total. The topological polar surface area (TPSA) is 29.3 Å². The summed E-state index contributed by atoms with van der Waals surface area (Å²) in [6, 6.07) is 5.32.